The Morgan fingerprint density at radius 2 is 1.85 bits per heavy atom. The summed E-state index contributed by atoms with van der Waals surface area (Å²) in [5.74, 6) is 0.623. The van der Waals surface area contributed by atoms with E-state index in [1.54, 1.807) is 37.4 Å². The molecule has 2 bridgehead atoms. The van der Waals surface area contributed by atoms with Crippen LogP contribution in [-0.4, -0.2) is 36.6 Å². The van der Waals surface area contributed by atoms with Gasteiger partial charge in [-0.2, -0.15) is 0 Å². The fourth-order valence-electron chi connectivity index (χ4n) is 5.89. The van der Waals surface area contributed by atoms with Gasteiger partial charge in [0.2, 0.25) is 0 Å². The summed E-state index contributed by atoms with van der Waals surface area (Å²) in [5, 5.41) is 5.92. The number of methoxy groups -OCH3 is 1. The van der Waals surface area contributed by atoms with Crippen molar-refractivity contribution in [2.24, 2.45) is 5.92 Å². The second-order valence-corrected chi connectivity index (χ2v) is 11.2. The third-order valence-corrected chi connectivity index (χ3v) is 8.18. The summed E-state index contributed by atoms with van der Waals surface area (Å²) in [6.07, 6.45) is 1.01. The van der Waals surface area contributed by atoms with Crippen molar-refractivity contribution in [2.75, 3.05) is 30.4 Å². The number of rotatable bonds is 7. The Bertz CT molecular complexity index is 1680. The van der Waals surface area contributed by atoms with E-state index in [1.807, 2.05) is 47.0 Å². The fourth-order valence-corrected chi connectivity index (χ4v) is 6.20. The SMILES string of the molecule is COc1ccccc1CNC(=O)c1ccc(N2C[C@H]3C[C@@H](C2)c2cccc(=O)n2C3)c(NC(=O)c2ccc(Br)o2)c1. The minimum absolute atomic E-state index is 0.0340. The molecule has 2 aliphatic rings. The number of nitrogens with zero attached hydrogens (tertiary/aromatic N) is 2. The third-order valence-electron chi connectivity index (χ3n) is 7.76. The predicted octanol–water partition coefficient (Wildman–Crippen LogP) is 5.02. The largest absolute Gasteiger partial charge is 0.496 e. The molecule has 2 amide bonds. The number of anilines is 2. The van der Waals surface area contributed by atoms with E-state index < -0.39 is 5.91 Å². The highest BCUT2D eigenvalue weighted by molar-refractivity contribution is 9.10. The second-order valence-electron chi connectivity index (χ2n) is 10.4. The number of hydrogen-bond donors (Lipinski definition) is 2. The molecule has 0 aliphatic carbocycles. The number of amides is 2. The molecule has 0 unspecified atom stereocenters. The number of pyridine rings is 1. The van der Waals surface area contributed by atoms with Crippen LogP contribution in [0.5, 0.6) is 5.75 Å². The van der Waals surface area contributed by atoms with Crippen LogP contribution in [0.25, 0.3) is 0 Å². The highest BCUT2D eigenvalue weighted by Crippen LogP contribution is 2.39. The van der Waals surface area contributed by atoms with Crippen LogP contribution in [-0.2, 0) is 13.1 Å². The molecule has 2 N–H and O–H groups in total. The van der Waals surface area contributed by atoms with Gasteiger partial charge in [-0.05, 0) is 70.7 Å². The number of hydrogen-bond acceptors (Lipinski definition) is 6. The number of aromatic nitrogens is 1. The molecule has 0 radical (unpaired) electrons. The van der Waals surface area contributed by atoms with Crippen molar-refractivity contribution in [3.63, 3.8) is 0 Å². The van der Waals surface area contributed by atoms with Crippen LogP contribution in [0.2, 0.25) is 0 Å². The molecule has 2 atom stereocenters. The quantitative estimate of drug-likeness (QED) is 0.302. The second kappa shape index (κ2) is 11.3. The van der Waals surface area contributed by atoms with Gasteiger partial charge in [-0.15, -0.1) is 0 Å². The van der Waals surface area contributed by atoms with E-state index in [4.69, 9.17) is 9.15 Å². The lowest BCUT2D eigenvalue weighted by Gasteiger charge is -2.44. The van der Waals surface area contributed by atoms with Gasteiger partial charge in [0, 0.05) is 55.0 Å². The maximum atomic E-state index is 13.2. The number of benzene rings is 2. The lowest BCUT2D eigenvalue weighted by Crippen LogP contribution is -2.47. The van der Waals surface area contributed by atoms with Gasteiger partial charge in [0.25, 0.3) is 17.4 Å². The van der Waals surface area contributed by atoms with Crippen molar-refractivity contribution in [3.8, 4) is 5.75 Å². The van der Waals surface area contributed by atoms with Gasteiger partial charge in [-0.3, -0.25) is 14.4 Å². The number of fused-ring (bicyclic) bond motifs is 4. The maximum Gasteiger partial charge on any atom is 0.291 e. The van der Waals surface area contributed by atoms with Gasteiger partial charge in [-0.25, -0.2) is 0 Å². The van der Waals surface area contributed by atoms with Gasteiger partial charge >= 0.3 is 0 Å². The number of nitrogens with one attached hydrogen (secondary N) is 2. The van der Waals surface area contributed by atoms with Crippen LogP contribution in [0, 0.1) is 5.92 Å². The zero-order chi connectivity index (χ0) is 28.5. The molecule has 2 aromatic heterocycles. The molecule has 4 heterocycles. The monoisotopic (exact) mass is 616 g/mol. The van der Waals surface area contributed by atoms with Gasteiger partial charge in [0.05, 0.1) is 18.5 Å². The van der Waals surface area contributed by atoms with E-state index in [9.17, 15) is 14.4 Å². The Labute approximate surface area is 245 Å². The van der Waals surface area contributed by atoms with E-state index in [1.165, 1.54) is 0 Å². The van der Waals surface area contributed by atoms with Crippen molar-refractivity contribution in [1.29, 1.82) is 0 Å². The van der Waals surface area contributed by atoms with Crippen LogP contribution in [0.3, 0.4) is 0 Å². The zero-order valence-corrected chi connectivity index (χ0v) is 24.0. The van der Waals surface area contributed by atoms with Crippen LogP contribution in [0.15, 0.2) is 86.7 Å². The summed E-state index contributed by atoms with van der Waals surface area (Å²) < 4.78 is 13.2. The van der Waals surface area contributed by atoms with Gasteiger partial charge < -0.3 is 29.3 Å². The van der Waals surface area contributed by atoms with E-state index in [0.717, 1.165) is 29.9 Å². The lowest BCUT2D eigenvalue weighted by molar-refractivity contribution is 0.0948. The molecule has 2 aromatic carbocycles. The summed E-state index contributed by atoms with van der Waals surface area (Å²) in [7, 11) is 1.59. The summed E-state index contributed by atoms with van der Waals surface area (Å²) in [6, 6.07) is 21.6. The number of ether oxygens (including phenoxy) is 1. The minimum atomic E-state index is -0.419. The lowest BCUT2D eigenvalue weighted by atomic mass is 9.83. The average Bonchev–Trinajstić information content (AvgIpc) is 3.43. The van der Waals surface area contributed by atoms with Gasteiger partial charge in [0.1, 0.15) is 5.75 Å². The molecule has 4 aromatic rings. The third kappa shape index (κ3) is 5.52. The first-order chi connectivity index (χ1) is 19.9. The molecular formula is C31H29BrN4O5. The predicted molar refractivity (Wildman–Crippen MR) is 159 cm³/mol. The first-order valence-corrected chi connectivity index (χ1v) is 14.2. The Morgan fingerprint density at radius 1 is 1.00 bits per heavy atom. The summed E-state index contributed by atoms with van der Waals surface area (Å²) in [4.78, 5) is 41.1. The first kappa shape index (κ1) is 26.9. The Balaban J connectivity index is 1.29. The van der Waals surface area contributed by atoms with Crippen molar-refractivity contribution in [1.82, 2.24) is 9.88 Å². The Morgan fingerprint density at radius 3 is 2.66 bits per heavy atom. The molecule has 210 valence electrons. The number of halogens is 1. The highest BCUT2D eigenvalue weighted by Gasteiger charge is 2.35. The highest BCUT2D eigenvalue weighted by atomic mass is 79.9. The number of carbonyl (C=O) groups excluding carboxylic acids is 2. The van der Waals surface area contributed by atoms with Gasteiger partial charge in [-0.1, -0.05) is 24.3 Å². The molecular weight excluding hydrogens is 588 g/mol. The van der Waals surface area contributed by atoms with E-state index >= 15 is 0 Å². The molecule has 0 saturated carbocycles. The van der Waals surface area contributed by atoms with Crippen LogP contribution in [0.1, 0.15) is 44.5 Å². The first-order valence-electron chi connectivity index (χ1n) is 13.4. The molecule has 9 nitrogen and oxygen atoms in total. The Hall–Kier alpha value is -4.31. The summed E-state index contributed by atoms with van der Waals surface area (Å²) >= 11 is 3.25. The standard InChI is InChI=1S/C31H29BrN4O5/c1-40-26-7-3-2-5-21(26)15-33-30(38)20-9-10-25(23(14-20)34-31(39)27-11-12-28(32)41-27)35-16-19-13-22(18-35)24-6-4-8-29(37)36(24)17-19/h2-12,14,19,22H,13,15-18H2,1H3,(H,33,38)(H,34,39)/t19-,22+/m1/s1. The maximum absolute atomic E-state index is 13.2. The summed E-state index contributed by atoms with van der Waals surface area (Å²) in [5.41, 5.74) is 3.66. The Kier molecular flexibility index (Phi) is 7.40. The number of para-hydroxylation sites is 1. The van der Waals surface area contributed by atoms with Gasteiger partial charge in [0.15, 0.2) is 10.4 Å². The van der Waals surface area contributed by atoms with E-state index in [2.05, 4.69) is 31.5 Å². The van der Waals surface area contributed by atoms with Crippen LogP contribution >= 0.6 is 15.9 Å². The smallest absolute Gasteiger partial charge is 0.291 e. The molecule has 6 rings (SSSR count). The molecule has 1 saturated heterocycles. The zero-order valence-electron chi connectivity index (χ0n) is 22.4. The average molecular weight is 618 g/mol. The molecule has 2 aliphatic heterocycles. The fraction of sp³-hybridized carbons (Fsp3) is 0.258. The number of furan rings is 1. The number of piperidine rings is 1. The molecule has 41 heavy (non-hydrogen) atoms. The van der Waals surface area contributed by atoms with E-state index in [-0.39, 0.29) is 29.1 Å². The van der Waals surface area contributed by atoms with Crippen molar-refractivity contribution >= 4 is 39.1 Å². The van der Waals surface area contributed by atoms with E-state index in [0.29, 0.717) is 41.3 Å². The number of carbonyl (C=O) groups is 2. The van der Waals surface area contributed by atoms with Crippen LogP contribution < -0.4 is 25.8 Å². The van der Waals surface area contributed by atoms with Crippen molar-refractivity contribution in [2.45, 2.75) is 25.4 Å². The topological polar surface area (TPSA) is 106 Å². The van der Waals surface area contributed by atoms with Crippen molar-refractivity contribution < 1.29 is 18.7 Å². The molecule has 0 spiro atoms. The van der Waals surface area contributed by atoms with Crippen molar-refractivity contribution in [3.05, 3.63) is 110 Å². The summed E-state index contributed by atoms with van der Waals surface area (Å²) in [6.45, 7) is 2.37. The normalized spacial score (nSPS) is 17.5. The molecule has 1 fully saturated rings. The van der Waals surface area contributed by atoms with Crippen LogP contribution in [0.4, 0.5) is 11.4 Å². The minimum Gasteiger partial charge on any atom is -0.496 e. The molecule has 10 heteroatoms.